The van der Waals surface area contributed by atoms with Crippen LogP contribution in [0.1, 0.15) is 254 Å². The fraction of sp³-hybridized carbons (Fsp3) is 0.939. The summed E-state index contributed by atoms with van der Waals surface area (Å²) in [5.74, 6) is 0.106. The first-order valence-electron chi connectivity index (χ1n) is 24.0. The van der Waals surface area contributed by atoms with Crippen LogP contribution in [-0.4, -0.2) is 63.1 Å². The number of ketones is 1. The molecule has 0 atom stereocenters. The highest BCUT2D eigenvalue weighted by molar-refractivity contribution is 5.75. The Morgan fingerprint density at radius 3 is 0.909 bits per heavy atom. The summed E-state index contributed by atoms with van der Waals surface area (Å²) in [6.45, 7) is 16.2. The maximum atomic E-state index is 12.5. The summed E-state index contributed by atoms with van der Waals surface area (Å²) in [4.78, 5) is 35.6. The van der Waals surface area contributed by atoms with Gasteiger partial charge >= 0.3 is 11.9 Å². The van der Waals surface area contributed by atoms with Crippen LogP contribution in [0.4, 0.5) is 0 Å². The average molecular weight is 783 g/mol. The predicted molar refractivity (Wildman–Crippen MR) is 240 cm³/mol. The zero-order valence-electron chi connectivity index (χ0n) is 39.2. The van der Waals surface area contributed by atoms with Crippen molar-refractivity contribution in [1.82, 2.24) is 0 Å². The molecule has 0 aliphatic rings. The largest absolute Gasteiger partial charge is 0.465 e. The first-order chi connectivity index (χ1) is 26.4. The van der Waals surface area contributed by atoms with Crippen molar-refractivity contribution in [1.29, 1.82) is 0 Å². The Morgan fingerprint density at radius 2 is 0.673 bits per heavy atom. The van der Waals surface area contributed by atoms with E-state index in [1.165, 1.54) is 148 Å². The van der Waals surface area contributed by atoms with Crippen molar-refractivity contribution in [3.05, 3.63) is 0 Å². The van der Waals surface area contributed by atoms with Gasteiger partial charge in [0.1, 0.15) is 19.0 Å². The van der Waals surface area contributed by atoms with Gasteiger partial charge < -0.3 is 18.8 Å². The molecule has 0 fully saturated rings. The predicted octanol–water partition coefficient (Wildman–Crippen LogP) is 14.9. The summed E-state index contributed by atoms with van der Waals surface area (Å²) in [7, 11) is 6.41. The molecule has 0 bridgehead atoms. The van der Waals surface area contributed by atoms with E-state index in [0.29, 0.717) is 31.8 Å². The van der Waals surface area contributed by atoms with E-state index < -0.39 is 0 Å². The number of nitrogens with zero attached hydrogens (tertiary/aromatic N) is 1. The van der Waals surface area contributed by atoms with Crippen molar-refractivity contribution in [2.24, 2.45) is 5.41 Å². The second-order valence-electron chi connectivity index (χ2n) is 17.8. The van der Waals surface area contributed by atoms with Crippen molar-refractivity contribution in [2.45, 2.75) is 254 Å². The number of unbranched alkanes of at least 4 members (excludes halogenated alkanes) is 24. The molecular formula is C49H100NO5+. The van der Waals surface area contributed by atoms with Crippen LogP contribution in [0.2, 0.25) is 0 Å². The minimum absolute atomic E-state index is 0.117. The molecule has 330 valence electrons. The molecule has 6 nitrogen and oxygen atoms in total. The van der Waals surface area contributed by atoms with E-state index in [2.05, 4.69) is 62.7 Å². The second-order valence-corrected chi connectivity index (χ2v) is 17.8. The number of quaternary nitrogens is 1. The zero-order valence-corrected chi connectivity index (χ0v) is 39.2. The van der Waals surface area contributed by atoms with E-state index in [1.54, 1.807) is 6.92 Å². The quantitative estimate of drug-likeness (QED) is 0.0357. The molecule has 0 aromatic carbocycles. The van der Waals surface area contributed by atoms with Gasteiger partial charge in [0.25, 0.3) is 0 Å². The molecule has 0 amide bonds. The number of ether oxygens (including phenoxy) is 2. The Morgan fingerprint density at radius 1 is 0.418 bits per heavy atom. The van der Waals surface area contributed by atoms with Crippen LogP contribution in [0.3, 0.4) is 0 Å². The van der Waals surface area contributed by atoms with Gasteiger partial charge in [0, 0.05) is 19.3 Å². The fourth-order valence-electron chi connectivity index (χ4n) is 6.91. The van der Waals surface area contributed by atoms with Gasteiger partial charge in [-0.2, -0.15) is 0 Å². The van der Waals surface area contributed by atoms with Gasteiger partial charge in [-0.05, 0) is 32.6 Å². The van der Waals surface area contributed by atoms with Crippen LogP contribution in [0.5, 0.6) is 0 Å². The van der Waals surface area contributed by atoms with E-state index in [-0.39, 0.29) is 17.4 Å². The molecule has 55 heavy (non-hydrogen) atoms. The van der Waals surface area contributed by atoms with Gasteiger partial charge in [-0.15, -0.1) is 0 Å². The molecule has 0 aromatic rings. The Labute approximate surface area is 345 Å². The fourth-order valence-corrected chi connectivity index (χ4v) is 6.91. The molecule has 0 rings (SSSR count). The zero-order chi connectivity index (χ0) is 41.9. The number of carbonyl (C=O) groups is 3. The second kappa shape index (κ2) is 43.7. The monoisotopic (exact) mass is 783 g/mol. The molecule has 0 saturated heterocycles. The lowest BCUT2D eigenvalue weighted by molar-refractivity contribution is -0.877. The Hall–Kier alpha value is -1.43. The van der Waals surface area contributed by atoms with Crippen molar-refractivity contribution in [2.75, 3.05) is 40.9 Å². The van der Waals surface area contributed by atoms with Crippen LogP contribution in [0.15, 0.2) is 0 Å². The molecule has 0 aromatic heterocycles. The van der Waals surface area contributed by atoms with Crippen molar-refractivity contribution in [3.8, 4) is 0 Å². The SMILES string of the molecule is CCC.CCCCCCCCCCCC(=O)OCC(CC)(COC(=O)CCCCCCCCCCC)C[N+](C)(C)C.CCCCCCCCCCCC(C)=O. The van der Waals surface area contributed by atoms with E-state index in [4.69, 9.17) is 9.47 Å². The number of esters is 2. The first kappa shape index (κ1) is 57.9. The third kappa shape index (κ3) is 48.6. The molecule has 0 aliphatic carbocycles. The summed E-state index contributed by atoms with van der Waals surface area (Å²) >= 11 is 0. The Kier molecular flexibility index (Phi) is 46.0. The number of Topliss-reactive ketones (excluding diaryl/α,β-unsaturated/α-hetero) is 1. The van der Waals surface area contributed by atoms with Gasteiger partial charge in [-0.3, -0.25) is 9.59 Å². The molecule has 0 spiro atoms. The maximum Gasteiger partial charge on any atom is 0.305 e. The minimum atomic E-state index is -0.347. The lowest BCUT2D eigenvalue weighted by Gasteiger charge is -2.37. The highest BCUT2D eigenvalue weighted by atomic mass is 16.5. The summed E-state index contributed by atoms with van der Waals surface area (Å²) < 4.78 is 12.3. The molecule has 0 aliphatic heterocycles. The van der Waals surface area contributed by atoms with Crippen LogP contribution in [0.25, 0.3) is 0 Å². The van der Waals surface area contributed by atoms with E-state index in [0.717, 1.165) is 56.0 Å². The van der Waals surface area contributed by atoms with Crippen molar-refractivity contribution >= 4 is 17.7 Å². The Bertz CT molecular complexity index is 783. The smallest absolute Gasteiger partial charge is 0.305 e. The molecular weight excluding hydrogens is 683 g/mol. The lowest BCUT2D eigenvalue weighted by Crippen LogP contribution is -2.49. The molecule has 6 heteroatoms. The molecule has 0 N–H and O–H groups in total. The van der Waals surface area contributed by atoms with Crippen LogP contribution < -0.4 is 0 Å². The van der Waals surface area contributed by atoms with Crippen LogP contribution >= 0.6 is 0 Å². The first-order valence-corrected chi connectivity index (χ1v) is 24.0. The van der Waals surface area contributed by atoms with Crippen molar-refractivity contribution < 1.29 is 28.3 Å². The number of hydrogen-bond acceptors (Lipinski definition) is 5. The van der Waals surface area contributed by atoms with Crippen LogP contribution in [-0.2, 0) is 23.9 Å². The highest BCUT2D eigenvalue weighted by Crippen LogP contribution is 2.27. The van der Waals surface area contributed by atoms with E-state index in [9.17, 15) is 14.4 Å². The number of rotatable bonds is 37. The van der Waals surface area contributed by atoms with Gasteiger partial charge in [0.2, 0.25) is 0 Å². The topological polar surface area (TPSA) is 69.7 Å². The third-order valence-corrected chi connectivity index (χ3v) is 10.2. The third-order valence-electron chi connectivity index (χ3n) is 10.2. The van der Waals surface area contributed by atoms with E-state index >= 15 is 0 Å². The molecule has 0 radical (unpaired) electrons. The molecule has 0 unspecified atom stereocenters. The average Bonchev–Trinajstić information content (AvgIpc) is 3.14. The van der Waals surface area contributed by atoms with Gasteiger partial charge in [-0.1, -0.05) is 202 Å². The lowest BCUT2D eigenvalue weighted by atomic mass is 9.85. The highest BCUT2D eigenvalue weighted by Gasteiger charge is 2.37. The standard InChI is InChI=1S/C33H66NO4.C13H26O.C3H8/c1-7-10-12-14-16-18-20-22-24-26-31(35)37-29-33(9-3,28-34(4,5)6)30-38-32(36)27-25-23-21-19-17-15-13-11-8-2;1-3-4-5-6-7-8-9-10-11-12-13(2)14;1-3-2/h7-30H2,1-6H3;3-12H2,1-2H3;3H2,1-2H3/q+1;;. The normalized spacial score (nSPS) is 11.3. The summed E-state index contributed by atoms with van der Waals surface area (Å²) in [6.07, 6.45) is 38.0. The summed E-state index contributed by atoms with van der Waals surface area (Å²) in [6, 6.07) is 0. The summed E-state index contributed by atoms with van der Waals surface area (Å²) in [5.41, 5.74) is -0.347. The summed E-state index contributed by atoms with van der Waals surface area (Å²) in [5, 5.41) is 0. The molecule has 0 saturated carbocycles. The molecule has 0 heterocycles. The number of carbonyl (C=O) groups excluding carboxylic acids is 3. The minimum Gasteiger partial charge on any atom is -0.465 e. The van der Waals surface area contributed by atoms with E-state index in [1.807, 2.05) is 0 Å². The van der Waals surface area contributed by atoms with Gasteiger partial charge in [-0.25, -0.2) is 0 Å². The van der Waals surface area contributed by atoms with Gasteiger partial charge in [0.15, 0.2) is 0 Å². The number of hydrogen-bond donors (Lipinski definition) is 0. The van der Waals surface area contributed by atoms with Crippen LogP contribution in [0, 0.1) is 5.41 Å². The van der Waals surface area contributed by atoms with Gasteiger partial charge in [0.05, 0.1) is 33.1 Å². The Balaban J connectivity index is -0.00000132. The van der Waals surface area contributed by atoms with Crippen molar-refractivity contribution in [3.63, 3.8) is 0 Å². The maximum absolute atomic E-state index is 12.5.